The summed E-state index contributed by atoms with van der Waals surface area (Å²) in [6, 6.07) is 15.0. The van der Waals surface area contributed by atoms with E-state index >= 15 is 0 Å². The maximum Gasteiger partial charge on any atom is 0.287 e. The molecule has 3 heteroatoms. The molecule has 0 fully saturated rings. The third-order valence-electron chi connectivity index (χ3n) is 4.23. The summed E-state index contributed by atoms with van der Waals surface area (Å²) in [5.41, 5.74) is 6.24. The average molecular weight is 305 g/mol. The van der Waals surface area contributed by atoms with E-state index in [2.05, 4.69) is 67.9 Å². The van der Waals surface area contributed by atoms with Gasteiger partial charge in [-0.2, -0.15) is 0 Å². The molecule has 0 amide bonds. The minimum atomic E-state index is 1.12. The fourth-order valence-electron chi connectivity index (χ4n) is 3.10. The van der Waals surface area contributed by atoms with Gasteiger partial charge in [0.05, 0.1) is 7.05 Å². The van der Waals surface area contributed by atoms with E-state index in [-0.39, 0.29) is 0 Å². The number of aryl methyl sites for hydroxylation is 3. The molecule has 0 N–H and O–H groups in total. The van der Waals surface area contributed by atoms with Gasteiger partial charge in [-0.3, -0.25) is 0 Å². The highest BCUT2D eigenvalue weighted by Gasteiger charge is 2.21. The van der Waals surface area contributed by atoms with Crippen LogP contribution in [0.1, 0.15) is 11.1 Å². The summed E-state index contributed by atoms with van der Waals surface area (Å²) in [7, 11) is 2.07. The van der Waals surface area contributed by atoms with E-state index < -0.39 is 0 Å². The molecular weight excluding hydrogens is 288 g/mol. The fourth-order valence-corrected chi connectivity index (χ4v) is 4.43. The van der Waals surface area contributed by atoms with Gasteiger partial charge < -0.3 is 0 Å². The quantitative estimate of drug-likeness (QED) is 0.471. The van der Waals surface area contributed by atoms with Crippen molar-refractivity contribution in [3.05, 3.63) is 59.9 Å². The zero-order valence-corrected chi connectivity index (χ0v) is 13.7. The minimum Gasteiger partial charge on any atom is -0.231 e. The molecule has 0 atom stereocenters. The Morgan fingerprint density at radius 3 is 2.55 bits per heavy atom. The van der Waals surface area contributed by atoms with Crippen LogP contribution < -0.4 is 4.57 Å². The summed E-state index contributed by atoms with van der Waals surface area (Å²) < 4.78 is 4.71. The topological polar surface area (TPSA) is 16.8 Å². The molecule has 0 spiro atoms. The van der Waals surface area contributed by atoms with E-state index in [0.717, 1.165) is 5.52 Å². The standard InChI is InChI=1S/C19H17N2S/c1-12-7-4-5-9-14(12)18-19-17(20-11-21(18)3)16-13(2)8-6-10-15(16)22-19/h4-11H,1-3H3/q+1. The van der Waals surface area contributed by atoms with Crippen LogP contribution in [0.25, 0.3) is 31.6 Å². The van der Waals surface area contributed by atoms with Gasteiger partial charge in [0.15, 0.2) is 5.69 Å². The molecule has 0 bridgehead atoms. The normalized spacial score (nSPS) is 11.4. The first-order chi connectivity index (χ1) is 10.7. The Hall–Kier alpha value is -2.26. The zero-order chi connectivity index (χ0) is 15.3. The Bertz CT molecular complexity index is 1010. The van der Waals surface area contributed by atoms with Crippen molar-refractivity contribution in [3.63, 3.8) is 0 Å². The zero-order valence-electron chi connectivity index (χ0n) is 12.9. The van der Waals surface area contributed by atoms with Crippen molar-refractivity contribution in [2.45, 2.75) is 13.8 Å². The molecule has 0 aliphatic heterocycles. The van der Waals surface area contributed by atoms with Crippen LogP contribution in [0.3, 0.4) is 0 Å². The lowest BCUT2D eigenvalue weighted by molar-refractivity contribution is -0.662. The molecule has 2 nitrogen and oxygen atoms in total. The van der Waals surface area contributed by atoms with Gasteiger partial charge in [0, 0.05) is 15.6 Å². The van der Waals surface area contributed by atoms with E-state index in [9.17, 15) is 0 Å². The van der Waals surface area contributed by atoms with Crippen LogP contribution in [0.2, 0.25) is 0 Å². The van der Waals surface area contributed by atoms with Gasteiger partial charge in [-0.1, -0.05) is 36.4 Å². The summed E-state index contributed by atoms with van der Waals surface area (Å²) >= 11 is 1.84. The van der Waals surface area contributed by atoms with Crippen molar-refractivity contribution < 1.29 is 4.57 Å². The molecule has 2 heterocycles. The van der Waals surface area contributed by atoms with E-state index in [1.807, 2.05) is 17.7 Å². The number of hydrogen-bond acceptors (Lipinski definition) is 2. The Morgan fingerprint density at radius 1 is 0.955 bits per heavy atom. The number of hydrogen-bond donors (Lipinski definition) is 0. The second-order valence-electron chi connectivity index (χ2n) is 5.75. The number of fused-ring (bicyclic) bond motifs is 3. The molecule has 4 rings (SSSR count). The number of rotatable bonds is 1. The van der Waals surface area contributed by atoms with Gasteiger partial charge in [-0.15, -0.1) is 11.3 Å². The maximum atomic E-state index is 4.72. The first kappa shape index (κ1) is 13.4. The predicted octanol–water partition coefficient (Wildman–Crippen LogP) is 4.56. The summed E-state index contributed by atoms with van der Waals surface area (Å²) in [5.74, 6) is 0. The van der Waals surface area contributed by atoms with Crippen LogP contribution in [0.15, 0.2) is 48.8 Å². The van der Waals surface area contributed by atoms with Gasteiger partial charge in [0.1, 0.15) is 4.70 Å². The second-order valence-corrected chi connectivity index (χ2v) is 6.80. The number of thiophene rings is 1. The lowest BCUT2D eigenvalue weighted by atomic mass is 10.0. The molecule has 2 aromatic heterocycles. The van der Waals surface area contributed by atoms with Crippen molar-refractivity contribution >= 4 is 31.6 Å². The van der Waals surface area contributed by atoms with Crippen molar-refractivity contribution in [3.8, 4) is 11.3 Å². The van der Waals surface area contributed by atoms with E-state index in [1.54, 1.807) is 0 Å². The Morgan fingerprint density at radius 2 is 1.73 bits per heavy atom. The van der Waals surface area contributed by atoms with E-state index in [0.29, 0.717) is 0 Å². The maximum absolute atomic E-state index is 4.72. The number of aromatic nitrogens is 2. The highest BCUT2D eigenvalue weighted by molar-refractivity contribution is 7.26. The van der Waals surface area contributed by atoms with Gasteiger partial charge in [0.25, 0.3) is 6.33 Å². The third-order valence-corrected chi connectivity index (χ3v) is 5.38. The summed E-state index contributed by atoms with van der Waals surface area (Å²) in [6.07, 6.45) is 1.93. The van der Waals surface area contributed by atoms with Gasteiger partial charge in [0.2, 0.25) is 5.52 Å². The Kier molecular flexibility index (Phi) is 2.98. The molecule has 22 heavy (non-hydrogen) atoms. The van der Waals surface area contributed by atoms with Gasteiger partial charge >= 0.3 is 0 Å². The van der Waals surface area contributed by atoms with Crippen LogP contribution in [0.5, 0.6) is 0 Å². The highest BCUT2D eigenvalue weighted by Crippen LogP contribution is 2.38. The smallest absolute Gasteiger partial charge is 0.231 e. The average Bonchev–Trinajstić information content (AvgIpc) is 2.88. The predicted molar refractivity (Wildman–Crippen MR) is 93.2 cm³/mol. The first-order valence-corrected chi connectivity index (χ1v) is 8.21. The van der Waals surface area contributed by atoms with Crippen molar-refractivity contribution in [2.75, 3.05) is 0 Å². The number of nitrogens with zero attached hydrogens (tertiary/aromatic N) is 2. The molecule has 0 saturated heterocycles. The third kappa shape index (κ3) is 1.86. The van der Waals surface area contributed by atoms with Crippen LogP contribution in [0, 0.1) is 13.8 Å². The molecule has 0 aliphatic rings. The summed E-state index contributed by atoms with van der Waals surface area (Å²) in [4.78, 5) is 4.72. The van der Waals surface area contributed by atoms with Crippen LogP contribution in [-0.2, 0) is 7.05 Å². The Balaban J connectivity index is 2.19. The lowest BCUT2D eigenvalue weighted by Crippen LogP contribution is -2.31. The fraction of sp³-hybridized carbons (Fsp3) is 0.158. The first-order valence-electron chi connectivity index (χ1n) is 7.39. The highest BCUT2D eigenvalue weighted by atomic mass is 32.1. The van der Waals surface area contributed by atoms with Crippen LogP contribution in [-0.4, -0.2) is 4.98 Å². The van der Waals surface area contributed by atoms with Crippen molar-refractivity contribution in [2.24, 2.45) is 7.05 Å². The SMILES string of the molecule is Cc1ccccc1-c1c2sc3cccc(C)c3c2nc[n+]1C. The van der Waals surface area contributed by atoms with E-state index in [4.69, 9.17) is 4.98 Å². The molecular formula is C19H17N2S+. The Labute approximate surface area is 133 Å². The number of benzene rings is 2. The van der Waals surface area contributed by atoms with Gasteiger partial charge in [-0.05, 0) is 36.0 Å². The van der Waals surface area contributed by atoms with E-state index in [1.165, 1.54) is 37.2 Å². The largest absolute Gasteiger partial charge is 0.287 e. The molecule has 0 unspecified atom stereocenters. The lowest BCUT2D eigenvalue weighted by Gasteiger charge is -2.06. The monoisotopic (exact) mass is 305 g/mol. The molecule has 4 aromatic rings. The summed E-state index contributed by atoms with van der Waals surface area (Å²) in [5, 5.41) is 1.29. The molecule has 0 radical (unpaired) electrons. The van der Waals surface area contributed by atoms with Crippen LogP contribution in [0.4, 0.5) is 0 Å². The van der Waals surface area contributed by atoms with Gasteiger partial charge in [-0.25, -0.2) is 4.57 Å². The molecule has 0 aliphatic carbocycles. The molecule has 0 saturated carbocycles. The minimum absolute atomic E-state index is 1.12. The van der Waals surface area contributed by atoms with Crippen molar-refractivity contribution in [1.29, 1.82) is 0 Å². The van der Waals surface area contributed by atoms with Crippen LogP contribution >= 0.6 is 11.3 Å². The summed E-state index contributed by atoms with van der Waals surface area (Å²) in [6.45, 7) is 4.33. The second kappa shape index (κ2) is 4.89. The van der Waals surface area contributed by atoms with Crippen molar-refractivity contribution in [1.82, 2.24) is 4.98 Å². The molecule has 2 aromatic carbocycles. The molecule has 108 valence electrons.